The van der Waals surface area contributed by atoms with Gasteiger partial charge < -0.3 is 48.0 Å². The molecule has 3 heterocycles. The van der Waals surface area contributed by atoms with Crippen LogP contribution >= 0.6 is 15.9 Å². The number of ether oxygens (including phenoxy) is 2. The zero-order valence-electron chi connectivity index (χ0n) is 43.5. The molecule has 3 saturated heterocycles. The molecule has 0 saturated carbocycles. The van der Waals surface area contributed by atoms with E-state index in [1.807, 2.05) is 103 Å². The van der Waals surface area contributed by atoms with Crippen LogP contribution in [0.25, 0.3) is 0 Å². The van der Waals surface area contributed by atoms with Crippen LogP contribution in [0, 0.1) is 0 Å². The molecule has 2 atom stereocenters. The van der Waals surface area contributed by atoms with Gasteiger partial charge >= 0.3 is 33.3 Å². The number of aryl methyl sites for hydroxylation is 2. The smallest absolute Gasteiger partial charge is 0.444 e. The monoisotopic (exact) mass is 981 g/mol. The van der Waals surface area contributed by atoms with Gasteiger partial charge in [0, 0.05) is 4.47 Å². The second kappa shape index (κ2) is 20.0. The fourth-order valence-corrected chi connectivity index (χ4v) is 8.68. The first-order valence-corrected chi connectivity index (χ1v) is 24.9. The van der Waals surface area contributed by atoms with Gasteiger partial charge in [-0.15, -0.1) is 0 Å². The highest BCUT2D eigenvalue weighted by atomic mass is 79.9. The zero-order chi connectivity index (χ0) is 49.5. The van der Waals surface area contributed by atoms with Crippen LogP contribution in [0.4, 0.5) is 9.59 Å². The molecule has 0 radical (unpaired) electrons. The van der Waals surface area contributed by atoms with Crippen molar-refractivity contribution in [1.82, 2.24) is 10.6 Å². The number of carbonyl (C=O) groups excluding carboxylic acids is 2. The number of fused-ring (bicyclic) bond motifs is 2. The Labute approximate surface area is 406 Å². The van der Waals surface area contributed by atoms with E-state index in [-0.39, 0.29) is 65.0 Å². The number of hydrogen-bond acceptors (Lipinski definition) is 10. The average molecular weight is 982 g/mol. The molecule has 0 aromatic heterocycles. The van der Waals surface area contributed by atoms with Gasteiger partial charge in [-0.05, 0) is 203 Å². The van der Waals surface area contributed by atoms with E-state index < -0.39 is 25.2 Å². The highest BCUT2D eigenvalue weighted by Gasteiger charge is 2.63. The van der Waals surface area contributed by atoms with Gasteiger partial charge in [-0.2, -0.15) is 0 Å². The lowest BCUT2D eigenvalue weighted by atomic mass is 9.49. The van der Waals surface area contributed by atoms with Gasteiger partial charge in [0.2, 0.25) is 0 Å². The van der Waals surface area contributed by atoms with Crippen LogP contribution in [-0.4, -0.2) is 78.1 Å². The average Bonchev–Trinajstić information content (AvgIpc) is 3.42. The van der Waals surface area contributed by atoms with E-state index >= 15 is 0 Å². The highest BCUT2D eigenvalue weighted by Crippen LogP contribution is 2.43. The molecule has 2 aromatic rings. The van der Waals surface area contributed by atoms with Crippen LogP contribution in [0.1, 0.15) is 197 Å². The molecule has 366 valence electrons. The molecule has 2 aromatic carbocycles. The van der Waals surface area contributed by atoms with Crippen molar-refractivity contribution in [2.45, 2.75) is 233 Å². The fraction of sp³-hybridized carbons (Fsp3) is 0.720. The molecule has 5 aliphatic rings. The Morgan fingerprint density at radius 2 is 0.894 bits per heavy atom. The summed E-state index contributed by atoms with van der Waals surface area (Å²) < 4.78 is 48.2. The number of amides is 2. The van der Waals surface area contributed by atoms with Crippen LogP contribution in [-0.2, 0) is 50.2 Å². The van der Waals surface area contributed by atoms with E-state index in [1.165, 1.54) is 22.3 Å². The summed E-state index contributed by atoms with van der Waals surface area (Å²) in [6.45, 7) is 35.8. The summed E-state index contributed by atoms with van der Waals surface area (Å²) in [6.07, 6.45) is 7.71. The Kier molecular flexibility index (Phi) is 16.5. The second-order valence-corrected chi connectivity index (χ2v) is 24.4. The molecule has 3 aliphatic heterocycles. The first-order chi connectivity index (χ1) is 30.1. The van der Waals surface area contributed by atoms with Gasteiger partial charge in [-0.1, -0.05) is 53.0 Å². The zero-order valence-corrected chi connectivity index (χ0v) is 45.1. The number of carbonyl (C=O) groups is 2. The Hall–Kier alpha value is -2.59. The maximum Gasteiger partial charge on any atom is 0.494 e. The minimum absolute atomic E-state index is 0.0281. The summed E-state index contributed by atoms with van der Waals surface area (Å²) in [5.41, 5.74) is 2.89. The van der Waals surface area contributed by atoms with Gasteiger partial charge in [0.15, 0.2) is 0 Å². The quantitative estimate of drug-likeness (QED) is 0.225. The van der Waals surface area contributed by atoms with Gasteiger partial charge in [0.05, 0.1) is 45.7 Å². The van der Waals surface area contributed by atoms with Gasteiger partial charge in [0.1, 0.15) is 11.2 Å². The molecule has 2 unspecified atom stereocenters. The molecule has 7 rings (SSSR count). The second-order valence-electron chi connectivity index (χ2n) is 23.5. The minimum atomic E-state index is -0.502. The first-order valence-electron chi connectivity index (χ1n) is 24.1. The third-order valence-corrected chi connectivity index (χ3v) is 14.6. The lowest BCUT2D eigenvalue weighted by Crippen LogP contribution is -2.41. The predicted octanol–water partition coefficient (Wildman–Crippen LogP) is 11.3. The predicted molar refractivity (Wildman–Crippen MR) is 268 cm³/mol. The maximum atomic E-state index is 12.3. The number of rotatable bonds is 4. The summed E-state index contributed by atoms with van der Waals surface area (Å²) in [5, 5.41) is 6.08. The molecule has 3 fully saturated rings. The first kappa shape index (κ1) is 54.4. The van der Waals surface area contributed by atoms with Crippen molar-refractivity contribution in [3.8, 4) is 0 Å². The SMILES string of the molecule is CC(C)(C)OC(=O)NC1CCCCc2cc(B3OC(C)(C)C(C)(C)O3)ccc21.CC(C)(C)OC(=O)NC1CCCCc2cc(Br)ccc21.CC1(C)OB(B2OC(C)(C)C(C)(C)O2)OC1(C)C. The molecular weight excluding hydrogens is 901 g/mol. The summed E-state index contributed by atoms with van der Waals surface area (Å²) >= 11 is 3.51. The van der Waals surface area contributed by atoms with Crippen molar-refractivity contribution in [2.24, 2.45) is 0 Å². The number of benzene rings is 2. The van der Waals surface area contributed by atoms with Crippen molar-refractivity contribution in [1.29, 1.82) is 0 Å². The number of nitrogens with one attached hydrogen (secondary N) is 2. The fourth-order valence-electron chi connectivity index (χ4n) is 8.28. The molecule has 2 amide bonds. The minimum Gasteiger partial charge on any atom is -0.444 e. The Morgan fingerprint density at radius 1 is 0.545 bits per heavy atom. The highest BCUT2D eigenvalue weighted by molar-refractivity contribution is 9.10. The van der Waals surface area contributed by atoms with Crippen molar-refractivity contribution in [3.63, 3.8) is 0 Å². The Bertz CT molecular complexity index is 1950. The third kappa shape index (κ3) is 13.6. The molecule has 16 heteroatoms. The van der Waals surface area contributed by atoms with E-state index in [0.29, 0.717) is 0 Å². The van der Waals surface area contributed by atoms with E-state index in [2.05, 4.69) is 84.6 Å². The molecular formula is C50H80B3BrN2O10. The number of alkyl carbamates (subject to hydrolysis) is 2. The Balaban J connectivity index is 0.000000192. The van der Waals surface area contributed by atoms with Crippen LogP contribution in [0.3, 0.4) is 0 Å². The number of halogens is 1. The van der Waals surface area contributed by atoms with Crippen LogP contribution in [0.15, 0.2) is 40.9 Å². The summed E-state index contributed by atoms with van der Waals surface area (Å²) in [4.78, 5) is 24.3. The van der Waals surface area contributed by atoms with Gasteiger partial charge in [-0.3, -0.25) is 0 Å². The lowest BCUT2D eigenvalue weighted by molar-refractivity contribution is 0.00578. The van der Waals surface area contributed by atoms with Crippen molar-refractivity contribution >= 4 is 54.7 Å². The van der Waals surface area contributed by atoms with E-state index in [0.717, 1.165) is 61.3 Å². The summed E-state index contributed by atoms with van der Waals surface area (Å²) in [6, 6.07) is 12.7. The van der Waals surface area contributed by atoms with E-state index in [1.54, 1.807) is 0 Å². The van der Waals surface area contributed by atoms with E-state index in [9.17, 15) is 9.59 Å². The van der Waals surface area contributed by atoms with Crippen molar-refractivity contribution in [3.05, 3.63) is 63.1 Å². The van der Waals surface area contributed by atoms with Crippen LogP contribution < -0.4 is 16.1 Å². The van der Waals surface area contributed by atoms with Gasteiger partial charge in [0.25, 0.3) is 0 Å². The largest absolute Gasteiger partial charge is 0.494 e. The van der Waals surface area contributed by atoms with Crippen molar-refractivity contribution in [2.75, 3.05) is 0 Å². The lowest BCUT2D eigenvalue weighted by Gasteiger charge is -2.32. The number of hydrogen-bond donors (Lipinski definition) is 2. The van der Waals surface area contributed by atoms with Crippen molar-refractivity contribution < 1.29 is 47.0 Å². The van der Waals surface area contributed by atoms with Gasteiger partial charge in [-0.25, -0.2) is 9.59 Å². The summed E-state index contributed by atoms with van der Waals surface area (Å²) in [5.74, 6) is 0. The standard InChI is InChI=1S/C22H34BNO4.C16H22BrNO2.C12H24B2O4/c1-20(2,3)26-19(25)24-18-11-9-8-10-15-14-16(12-13-17(15)18)23-27-21(4,5)22(6,7)28-23;1-16(2,3)20-15(19)18-14-7-5-4-6-11-10-12(17)8-9-13(11)14;1-9(2)10(3,4)16-13(15-9)14-17-11(5,6)12(7,8)18-14/h12-14,18H,8-11H2,1-7H3,(H,24,25);8-10,14H,4-7H2,1-3H3,(H,18,19);1-8H3. The maximum absolute atomic E-state index is 12.3. The third-order valence-electron chi connectivity index (χ3n) is 14.1. The molecule has 2 N–H and O–H groups in total. The van der Waals surface area contributed by atoms with Crippen LogP contribution in [0.5, 0.6) is 0 Å². The van der Waals surface area contributed by atoms with Crippen LogP contribution in [0.2, 0.25) is 0 Å². The molecule has 0 bridgehead atoms. The summed E-state index contributed by atoms with van der Waals surface area (Å²) in [7, 11) is -1.32. The normalized spacial score (nSPS) is 24.5. The molecule has 12 nitrogen and oxygen atoms in total. The molecule has 0 spiro atoms. The Morgan fingerprint density at radius 3 is 1.27 bits per heavy atom. The topological polar surface area (TPSA) is 132 Å². The molecule has 2 aliphatic carbocycles. The molecule has 66 heavy (non-hydrogen) atoms. The van der Waals surface area contributed by atoms with E-state index in [4.69, 9.17) is 37.4 Å².